The Morgan fingerprint density at radius 3 is 2.45 bits per heavy atom. The maximum atomic E-state index is 4.33. The van der Waals surface area contributed by atoms with E-state index in [1.54, 1.807) is 0 Å². The van der Waals surface area contributed by atoms with Gasteiger partial charge in [0, 0.05) is 44.1 Å². The van der Waals surface area contributed by atoms with E-state index in [0.29, 0.717) is 0 Å². The topological polar surface area (TPSA) is 32.6 Å². The fraction of sp³-hybridized carbons (Fsp3) is 0.643. The zero-order valence-electron chi connectivity index (χ0n) is 13.2. The van der Waals surface area contributed by atoms with Gasteiger partial charge in [-0.05, 0) is 27.4 Å². The van der Waals surface area contributed by atoms with Crippen molar-refractivity contribution in [3.63, 3.8) is 0 Å². The summed E-state index contributed by atoms with van der Waals surface area (Å²) in [6.07, 6.45) is 2.06. The second-order valence-corrected chi connectivity index (χ2v) is 6.99. The Morgan fingerprint density at radius 1 is 1.45 bits per heavy atom. The van der Waals surface area contributed by atoms with Gasteiger partial charge in [0.2, 0.25) is 0 Å². The van der Waals surface area contributed by atoms with E-state index in [2.05, 4.69) is 82.8 Å². The van der Waals surface area contributed by atoms with Gasteiger partial charge in [-0.3, -0.25) is 4.99 Å². The van der Waals surface area contributed by atoms with Gasteiger partial charge in [0.15, 0.2) is 5.96 Å². The van der Waals surface area contributed by atoms with Crippen LogP contribution in [-0.4, -0.2) is 36.1 Å². The first-order chi connectivity index (χ1) is 8.73. The largest absolute Gasteiger partial charge is 0.356 e. The Labute approximate surface area is 148 Å². The smallest absolute Gasteiger partial charge is 0.193 e. The lowest BCUT2D eigenvalue weighted by Gasteiger charge is -2.26. The summed E-state index contributed by atoms with van der Waals surface area (Å²) in [5, 5.41) is 3.41. The van der Waals surface area contributed by atoms with Crippen molar-refractivity contribution in [2.45, 2.75) is 27.3 Å². The minimum atomic E-state index is 0. The van der Waals surface area contributed by atoms with Gasteiger partial charge in [-0.1, -0.05) is 20.8 Å². The summed E-state index contributed by atoms with van der Waals surface area (Å²) in [4.78, 5) is 6.47. The van der Waals surface area contributed by atoms with Gasteiger partial charge in [0.25, 0.3) is 0 Å². The first kappa shape index (κ1) is 19.8. The van der Waals surface area contributed by atoms with E-state index in [0.717, 1.165) is 23.5 Å². The SMILES string of the molecule is CN=C(NCC(C)(C)C)N(C)Cc1cc(Br)cn1C.I. The molecule has 0 saturated carbocycles. The number of aryl methyl sites for hydroxylation is 1. The Hall–Kier alpha value is -0.240. The van der Waals surface area contributed by atoms with Crippen LogP contribution in [0.4, 0.5) is 0 Å². The van der Waals surface area contributed by atoms with Gasteiger partial charge in [-0.2, -0.15) is 0 Å². The lowest BCUT2D eigenvalue weighted by molar-refractivity contribution is 0.387. The van der Waals surface area contributed by atoms with Gasteiger partial charge >= 0.3 is 0 Å². The average molecular weight is 457 g/mol. The minimum Gasteiger partial charge on any atom is -0.356 e. The number of hydrogen-bond acceptors (Lipinski definition) is 1. The third-order valence-corrected chi connectivity index (χ3v) is 3.26. The van der Waals surface area contributed by atoms with Crippen LogP contribution in [0.25, 0.3) is 0 Å². The third kappa shape index (κ3) is 6.47. The molecule has 1 N–H and O–H groups in total. The summed E-state index contributed by atoms with van der Waals surface area (Å²) in [6.45, 7) is 8.36. The molecule has 0 fully saturated rings. The molecule has 6 heteroatoms. The van der Waals surface area contributed by atoms with Crippen LogP contribution in [0.15, 0.2) is 21.7 Å². The summed E-state index contributed by atoms with van der Waals surface area (Å²) in [5.41, 5.74) is 1.48. The second kappa shape index (κ2) is 8.26. The Kier molecular flexibility index (Phi) is 8.16. The fourth-order valence-electron chi connectivity index (χ4n) is 1.77. The molecule has 0 aromatic carbocycles. The van der Waals surface area contributed by atoms with Crippen LogP contribution in [0.5, 0.6) is 0 Å². The summed E-state index contributed by atoms with van der Waals surface area (Å²) in [5.74, 6) is 0.923. The van der Waals surface area contributed by atoms with Crippen LogP contribution in [0.2, 0.25) is 0 Å². The summed E-state index contributed by atoms with van der Waals surface area (Å²) >= 11 is 3.50. The molecule has 0 saturated heterocycles. The first-order valence-corrected chi connectivity index (χ1v) is 7.25. The van der Waals surface area contributed by atoms with Crippen LogP contribution in [0.1, 0.15) is 26.5 Å². The molecule has 0 aliphatic carbocycles. The highest BCUT2D eigenvalue weighted by atomic mass is 127. The molecule has 0 amide bonds. The maximum absolute atomic E-state index is 4.33. The number of nitrogens with one attached hydrogen (secondary N) is 1. The van der Waals surface area contributed by atoms with E-state index < -0.39 is 0 Å². The fourth-order valence-corrected chi connectivity index (χ4v) is 2.34. The van der Waals surface area contributed by atoms with Crippen molar-refractivity contribution >= 4 is 45.9 Å². The molecule has 0 aliphatic rings. The third-order valence-electron chi connectivity index (χ3n) is 2.82. The molecule has 4 nitrogen and oxygen atoms in total. The lowest BCUT2D eigenvalue weighted by Crippen LogP contribution is -2.42. The highest BCUT2D eigenvalue weighted by Gasteiger charge is 2.14. The Balaban J connectivity index is 0.00000361. The Morgan fingerprint density at radius 2 is 2.05 bits per heavy atom. The first-order valence-electron chi connectivity index (χ1n) is 6.45. The molecule has 116 valence electrons. The number of guanidine groups is 1. The number of aromatic nitrogens is 1. The molecule has 1 heterocycles. The highest BCUT2D eigenvalue weighted by molar-refractivity contribution is 14.0. The molecule has 1 rings (SSSR count). The second-order valence-electron chi connectivity index (χ2n) is 6.08. The zero-order chi connectivity index (χ0) is 14.6. The molecule has 1 aromatic heterocycles. The molecular formula is C14H26BrIN4. The summed E-state index contributed by atoms with van der Waals surface area (Å²) < 4.78 is 3.23. The lowest BCUT2D eigenvalue weighted by atomic mass is 9.97. The predicted octanol–water partition coefficient (Wildman–Crippen LogP) is 3.46. The van der Waals surface area contributed by atoms with Crippen molar-refractivity contribution in [3.8, 4) is 0 Å². The van der Waals surface area contributed by atoms with E-state index in [4.69, 9.17) is 0 Å². The van der Waals surface area contributed by atoms with Crippen LogP contribution >= 0.6 is 39.9 Å². The van der Waals surface area contributed by atoms with Gasteiger partial charge < -0.3 is 14.8 Å². The molecule has 0 spiro atoms. The number of nitrogens with zero attached hydrogens (tertiary/aromatic N) is 3. The van der Waals surface area contributed by atoms with Crippen molar-refractivity contribution < 1.29 is 0 Å². The summed E-state index contributed by atoms with van der Waals surface area (Å²) in [6, 6.07) is 2.13. The van der Waals surface area contributed by atoms with Crippen LogP contribution < -0.4 is 5.32 Å². The minimum absolute atomic E-state index is 0. The molecule has 0 bridgehead atoms. The van der Waals surface area contributed by atoms with Crippen LogP contribution in [0, 0.1) is 5.41 Å². The molecule has 20 heavy (non-hydrogen) atoms. The van der Waals surface area contributed by atoms with Crippen molar-refractivity contribution in [1.82, 2.24) is 14.8 Å². The van der Waals surface area contributed by atoms with Gasteiger partial charge in [0.1, 0.15) is 0 Å². The van der Waals surface area contributed by atoms with Crippen LogP contribution in [0.3, 0.4) is 0 Å². The number of rotatable bonds is 3. The average Bonchev–Trinajstić information content (AvgIpc) is 2.56. The number of aliphatic imine (C=N–C) groups is 1. The van der Waals surface area contributed by atoms with Gasteiger partial charge in [-0.25, -0.2) is 0 Å². The highest BCUT2D eigenvalue weighted by Crippen LogP contribution is 2.15. The molecule has 0 radical (unpaired) electrons. The van der Waals surface area contributed by atoms with Gasteiger partial charge in [-0.15, -0.1) is 24.0 Å². The van der Waals surface area contributed by atoms with Gasteiger partial charge in [0.05, 0.1) is 6.54 Å². The normalized spacial score (nSPS) is 12.1. The number of hydrogen-bond donors (Lipinski definition) is 1. The van der Waals surface area contributed by atoms with E-state index in [1.807, 2.05) is 7.05 Å². The standard InChI is InChI=1S/C14H25BrN4.HI/c1-14(2,3)10-17-13(16-4)19(6)9-12-7-11(15)8-18(12)5;/h7-8H,9-10H2,1-6H3,(H,16,17);1H. The summed E-state index contributed by atoms with van der Waals surface area (Å²) in [7, 11) is 5.93. The van der Waals surface area contributed by atoms with Crippen LogP contribution in [-0.2, 0) is 13.6 Å². The Bertz CT molecular complexity index is 449. The maximum Gasteiger partial charge on any atom is 0.193 e. The van der Waals surface area contributed by atoms with E-state index >= 15 is 0 Å². The monoisotopic (exact) mass is 456 g/mol. The van der Waals surface area contributed by atoms with Crippen molar-refractivity contribution in [3.05, 3.63) is 22.4 Å². The quantitative estimate of drug-likeness (QED) is 0.429. The van der Waals surface area contributed by atoms with E-state index in [9.17, 15) is 0 Å². The van der Waals surface area contributed by atoms with E-state index in [-0.39, 0.29) is 29.4 Å². The number of halogens is 2. The molecule has 0 aliphatic heterocycles. The molecule has 0 atom stereocenters. The zero-order valence-corrected chi connectivity index (χ0v) is 17.1. The van der Waals surface area contributed by atoms with Crippen molar-refractivity contribution in [2.75, 3.05) is 20.6 Å². The van der Waals surface area contributed by atoms with Crippen molar-refractivity contribution in [2.24, 2.45) is 17.5 Å². The molecular weight excluding hydrogens is 431 g/mol. The molecule has 1 aromatic rings. The predicted molar refractivity (Wildman–Crippen MR) is 101 cm³/mol. The van der Waals surface area contributed by atoms with E-state index in [1.165, 1.54) is 5.69 Å². The van der Waals surface area contributed by atoms with Crippen molar-refractivity contribution in [1.29, 1.82) is 0 Å². The molecule has 0 unspecified atom stereocenters.